The van der Waals surface area contributed by atoms with Crippen molar-refractivity contribution in [3.05, 3.63) is 82.7 Å². The molecule has 92 valence electrons. The second kappa shape index (κ2) is 6.18. The van der Waals surface area contributed by atoms with Gasteiger partial charge in [0.15, 0.2) is 0 Å². The van der Waals surface area contributed by atoms with Gasteiger partial charge >= 0.3 is 5.63 Å². The Kier molecular flexibility index (Phi) is 4.09. The largest absolute Gasteiger partial charge is 0.423 e. The molecule has 0 fully saturated rings. The van der Waals surface area contributed by atoms with Crippen molar-refractivity contribution >= 4 is 11.0 Å². The molecule has 3 heteroatoms. The van der Waals surface area contributed by atoms with E-state index in [9.17, 15) is 4.79 Å². The van der Waals surface area contributed by atoms with Gasteiger partial charge in [0.25, 0.3) is 0 Å². The first kappa shape index (κ1) is 12.6. The molecule has 0 N–H and O–H groups in total. The van der Waals surface area contributed by atoms with Gasteiger partial charge in [-0.2, -0.15) is 5.26 Å². The van der Waals surface area contributed by atoms with E-state index in [1.807, 2.05) is 42.5 Å². The van der Waals surface area contributed by atoms with Crippen molar-refractivity contribution in [1.29, 1.82) is 5.26 Å². The van der Waals surface area contributed by atoms with Crippen molar-refractivity contribution in [3.8, 4) is 6.07 Å². The second-order valence-corrected chi connectivity index (χ2v) is 3.77. The normalized spacial score (nSPS) is 9.21. The molecule has 0 atom stereocenters. The van der Waals surface area contributed by atoms with Crippen molar-refractivity contribution in [2.45, 2.75) is 0 Å². The van der Waals surface area contributed by atoms with Gasteiger partial charge in [0.1, 0.15) is 5.58 Å². The van der Waals surface area contributed by atoms with Crippen molar-refractivity contribution in [1.82, 2.24) is 0 Å². The quantitative estimate of drug-likeness (QED) is 0.574. The van der Waals surface area contributed by atoms with Gasteiger partial charge in [0.2, 0.25) is 0 Å². The van der Waals surface area contributed by atoms with Crippen molar-refractivity contribution < 1.29 is 4.42 Å². The van der Waals surface area contributed by atoms with E-state index in [0.29, 0.717) is 11.1 Å². The molecule has 0 aliphatic rings. The fraction of sp³-hybridized carbons (Fsp3) is 0. The Morgan fingerprint density at radius 2 is 1.53 bits per heavy atom. The Labute approximate surface area is 110 Å². The number of rotatable bonds is 0. The summed E-state index contributed by atoms with van der Waals surface area (Å²) in [5.74, 6) is 0. The average Bonchev–Trinajstić information content (AvgIpc) is 2.48. The first-order chi connectivity index (χ1) is 9.29. The summed E-state index contributed by atoms with van der Waals surface area (Å²) in [4.78, 5) is 10.7. The Bertz CT molecular complexity index is 755. The zero-order valence-electron chi connectivity index (χ0n) is 10.1. The van der Waals surface area contributed by atoms with E-state index in [-0.39, 0.29) is 5.63 Å². The van der Waals surface area contributed by atoms with Gasteiger partial charge in [-0.25, -0.2) is 4.79 Å². The molecule has 0 unspecified atom stereocenters. The summed E-state index contributed by atoms with van der Waals surface area (Å²) in [5, 5.41) is 9.24. The fourth-order valence-corrected chi connectivity index (χ4v) is 1.52. The van der Waals surface area contributed by atoms with Gasteiger partial charge in [-0.15, -0.1) is 0 Å². The Morgan fingerprint density at radius 1 is 0.842 bits per heavy atom. The molecule has 3 nitrogen and oxygen atoms in total. The van der Waals surface area contributed by atoms with E-state index in [2.05, 4.69) is 0 Å². The topological polar surface area (TPSA) is 54.0 Å². The zero-order chi connectivity index (χ0) is 13.5. The molecule has 0 aliphatic carbocycles. The van der Waals surface area contributed by atoms with Gasteiger partial charge in [0.05, 0.1) is 11.6 Å². The molecule has 0 bridgehead atoms. The maximum Gasteiger partial charge on any atom is 0.336 e. The second-order valence-electron chi connectivity index (χ2n) is 3.77. The van der Waals surface area contributed by atoms with E-state index < -0.39 is 0 Å². The summed E-state index contributed by atoms with van der Waals surface area (Å²) in [5.41, 5.74) is 1.05. The third-order valence-electron chi connectivity index (χ3n) is 2.43. The van der Waals surface area contributed by atoms with Gasteiger partial charge < -0.3 is 4.42 Å². The highest BCUT2D eigenvalue weighted by molar-refractivity contribution is 5.75. The maximum absolute atomic E-state index is 10.7. The number of hydrogen-bond donors (Lipinski definition) is 0. The number of para-hydroxylation sites is 1. The molecule has 0 saturated heterocycles. The van der Waals surface area contributed by atoms with Crippen LogP contribution >= 0.6 is 0 Å². The summed E-state index contributed by atoms with van der Waals surface area (Å²) in [6.07, 6.45) is 0. The van der Waals surface area contributed by atoms with Gasteiger partial charge in [-0.1, -0.05) is 36.4 Å². The Morgan fingerprint density at radius 3 is 2.21 bits per heavy atom. The number of benzene rings is 2. The SMILES string of the molecule is N#Cc1ccccc1.O=c1ccc2ccccc2o1. The molecule has 2 aromatic carbocycles. The third kappa shape index (κ3) is 3.55. The van der Waals surface area contributed by atoms with Crippen molar-refractivity contribution in [3.63, 3.8) is 0 Å². The first-order valence-corrected chi connectivity index (χ1v) is 5.73. The van der Waals surface area contributed by atoms with E-state index >= 15 is 0 Å². The van der Waals surface area contributed by atoms with Gasteiger partial charge in [-0.05, 0) is 24.3 Å². The number of nitrogens with zero attached hydrogens (tertiary/aromatic N) is 1. The lowest BCUT2D eigenvalue weighted by atomic mass is 10.2. The molecule has 3 aromatic rings. The van der Waals surface area contributed by atoms with Crippen LogP contribution in [-0.2, 0) is 0 Å². The van der Waals surface area contributed by atoms with Crippen LogP contribution in [0.5, 0.6) is 0 Å². The van der Waals surface area contributed by atoms with Crippen LogP contribution in [0, 0.1) is 11.3 Å². The molecule has 3 rings (SSSR count). The molecule has 0 amide bonds. The molecule has 19 heavy (non-hydrogen) atoms. The highest BCUT2D eigenvalue weighted by atomic mass is 16.4. The molecular formula is C16H11NO2. The van der Waals surface area contributed by atoms with Crippen LogP contribution in [0.2, 0.25) is 0 Å². The van der Waals surface area contributed by atoms with Crippen LogP contribution in [0.4, 0.5) is 0 Å². The van der Waals surface area contributed by atoms with Crippen molar-refractivity contribution in [2.24, 2.45) is 0 Å². The lowest BCUT2D eigenvalue weighted by Crippen LogP contribution is -1.93. The molecule has 1 aromatic heterocycles. The van der Waals surface area contributed by atoms with Gasteiger partial charge in [-0.3, -0.25) is 0 Å². The van der Waals surface area contributed by atoms with Crippen LogP contribution in [0.3, 0.4) is 0 Å². The highest BCUT2D eigenvalue weighted by Gasteiger charge is 1.92. The van der Waals surface area contributed by atoms with Crippen LogP contribution in [-0.4, -0.2) is 0 Å². The number of fused-ring (bicyclic) bond motifs is 1. The summed E-state index contributed by atoms with van der Waals surface area (Å²) in [6.45, 7) is 0. The molecular weight excluding hydrogens is 238 g/mol. The van der Waals surface area contributed by atoms with Crippen molar-refractivity contribution in [2.75, 3.05) is 0 Å². The minimum atomic E-state index is -0.302. The smallest absolute Gasteiger partial charge is 0.336 e. The summed E-state index contributed by atoms with van der Waals surface area (Å²) in [6, 6.07) is 21.8. The van der Waals surface area contributed by atoms with E-state index in [4.69, 9.17) is 9.68 Å². The lowest BCUT2D eigenvalue weighted by molar-refractivity contribution is 0.561. The molecule has 0 spiro atoms. The summed E-state index contributed by atoms with van der Waals surface area (Å²) >= 11 is 0. The standard InChI is InChI=1S/C9H6O2.C7H5N/c10-9-6-5-7-3-1-2-4-8(7)11-9;8-6-7-4-2-1-3-5-7/h1-6H;1-5H. The molecule has 0 aliphatic heterocycles. The monoisotopic (exact) mass is 249 g/mol. The van der Waals surface area contributed by atoms with E-state index in [1.165, 1.54) is 6.07 Å². The zero-order valence-corrected chi connectivity index (χ0v) is 10.1. The number of hydrogen-bond acceptors (Lipinski definition) is 3. The maximum atomic E-state index is 10.7. The fourth-order valence-electron chi connectivity index (χ4n) is 1.52. The van der Waals surface area contributed by atoms with Crippen LogP contribution in [0.15, 0.2) is 75.9 Å². The average molecular weight is 249 g/mol. The van der Waals surface area contributed by atoms with Crippen LogP contribution in [0.25, 0.3) is 11.0 Å². The van der Waals surface area contributed by atoms with Crippen LogP contribution in [0.1, 0.15) is 5.56 Å². The lowest BCUT2D eigenvalue weighted by Gasteiger charge is -1.91. The first-order valence-electron chi connectivity index (χ1n) is 5.73. The molecule has 0 radical (unpaired) electrons. The molecule has 1 heterocycles. The minimum absolute atomic E-state index is 0.302. The van der Waals surface area contributed by atoms with E-state index in [0.717, 1.165) is 5.39 Å². The number of nitriles is 1. The molecule has 0 saturated carbocycles. The van der Waals surface area contributed by atoms with Gasteiger partial charge in [0, 0.05) is 11.5 Å². The Hall–Kier alpha value is -2.86. The minimum Gasteiger partial charge on any atom is -0.423 e. The van der Waals surface area contributed by atoms with E-state index in [1.54, 1.807) is 24.3 Å². The predicted molar refractivity (Wildman–Crippen MR) is 73.6 cm³/mol. The summed E-state index contributed by atoms with van der Waals surface area (Å²) < 4.78 is 4.91. The Balaban J connectivity index is 0.000000148. The predicted octanol–water partition coefficient (Wildman–Crippen LogP) is 3.35. The summed E-state index contributed by atoms with van der Waals surface area (Å²) in [7, 11) is 0. The highest BCUT2D eigenvalue weighted by Crippen LogP contribution is 2.08. The third-order valence-corrected chi connectivity index (χ3v) is 2.43. The van der Waals surface area contributed by atoms with Crippen LogP contribution < -0.4 is 5.63 Å².